The number of hydrogen-bond donors (Lipinski definition) is 1. The van der Waals surface area contributed by atoms with Gasteiger partial charge in [0.1, 0.15) is 11.7 Å². The van der Waals surface area contributed by atoms with Gasteiger partial charge in [-0.3, -0.25) is 4.79 Å². The van der Waals surface area contributed by atoms with Crippen molar-refractivity contribution in [2.24, 2.45) is 0 Å². The number of benzene rings is 2. The standard InChI is InChI=1S/C16H13ClFNO2/c17-13-6-3-4-10(15(13)18)8-19-9-12(16(20)21)11-5-1-2-7-14(11)19/h1-7,12H,8-9H2,(H,20,21). The Balaban J connectivity index is 1.94. The van der Waals surface area contributed by atoms with E-state index in [1.54, 1.807) is 12.1 Å². The number of nitrogens with zero attached hydrogens (tertiary/aromatic N) is 1. The number of fused-ring (bicyclic) bond motifs is 1. The van der Waals surface area contributed by atoms with Crippen LogP contribution in [0.2, 0.25) is 5.02 Å². The molecule has 1 heterocycles. The number of carbonyl (C=O) groups is 1. The second-order valence-corrected chi connectivity index (χ2v) is 5.45. The predicted molar refractivity (Wildman–Crippen MR) is 79.3 cm³/mol. The maximum absolute atomic E-state index is 14.0. The number of aliphatic carboxylic acids is 1. The zero-order valence-corrected chi connectivity index (χ0v) is 11.8. The van der Waals surface area contributed by atoms with Crippen molar-refractivity contribution < 1.29 is 14.3 Å². The Morgan fingerprint density at radius 1 is 1.29 bits per heavy atom. The van der Waals surface area contributed by atoms with Gasteiger partial charge in [0.2, 0.25) is 0 Å². The molecule has 0 bridgehead atoms. The third-order valence-corrected chi connectivity index (χ3v) is 4.04. The van der Waals surface area contributed by atoms with Crippen LogP contribution in [-0.2, 0) is 11.3 Å². The summed E-state index contributed by atoms with van der Waals surface area (Å²) in [5.74, 6) is -1.89. The van der Waals surface area contributed by atoms with Crippen molar-refractivity contribution in [1.29, 1.82) is 0 Å². The van der Waals surface area contributed by atoms with Crippen LogP contribution in [0.4, 0.5) is 10.1 Å². The zero-order valence-electron chi connectivity index (χ0n) is 11.1. The third-order valence-electron chi connectivity index (χ3n) is 3.75. The number of hydrogen-bond acceptors (Lipinski definition) is 2. The summed E-state index contributed by atoms with van der Waals surface area (Å²) in [4.78, 5) is 13.2. The molecule has 2 aromatic rings. The maximum Gasteiger partial charge on any atom is 0.312 e. The fraction of sp³-hybridized carbons (Fsp3) is 0.188. The first-order valence-electron chi connectivity index (χ1n) is 6.57. The van der Waals surface area contributed by atoms with Gasteiger partial charge in [0, 0.05) is 24.3 Å². The van der Waals surface area contributed by atoms with Gasteiger partial charge >= 0.3 is 5.97 Å². The highest BCUT2D eigenvalue weighted by Crippen LogP contribution is 2.37. The lowest BCUT2D eigenvalue weighted by atomic mass is 10.0. The summed E-state index contributed by atoms with van der Waals surface area (Å²) >= 11 is 5.79. The maximum atomic E-state index is 14.0. The molecule has 0 radical (unpaired) electrons. The van der Waals surface area contributed by atoms with Crippen molar-refractivity contribution in [3.63, 3.8) is 0 Å². The lowest BCUT2D eigenvalue weighted by Gasteiger charge is -2.20. The number of rotatable bonds is 3. The summed E-state index contributed by atoms with van der Waals surface area (Å²) < 4.78 is 14.0. The van der Waals surface area contributed by atoms with E-state index < -0.39 is 17.7 Å². The van der Waals surface area contributed by atoms with E-state index in [2.05, 4.69) is 0 Å². The van der Waals surface area contributed by atoms with Crippen LogP contribution in [0.1, 0.15) is 17.0 Å². The minimum Gasteiger partial charge on any atom is -0.481 e. The molecule has 0 spiro atoms. The molecule has 2 aromatic carbocycles. The molecule has 0 aliphatic carbocycles. The van der Waals surface area contributed by atoms with Crippen LogP contribution in [0.5, 0.6) is 0 Å². The van der Waals surface area contributed by atoms with Crippen LogP contribution in [0.3, 0.4) is 0 Å². The average molecular weight is 306 g/mol. The van der Waals surface area contributed by atoms with Crippen molar-refractivity contribution in [1.82, 2.24) is 0 Å². The molecule has 0 saturated carbocycles. The molecule has 108 valence electrons. The van der Waals surface area contributed by atoms with E-state index >= 15 is 0 Å². The van der Waals surface area contributed by atoms with E-state index in [-0.39, 0.29) is 5.02 Å². The van der Waals surface area contributed by atoms with Crippen molar-refractivity contribution >= 4 is 23.3 Å². The van der Waals surface area contributed by atoms with E-state index in [1.807, 2.05) is 29.2 Å². The van der Waals surface area contributed by atoms with Crippen LogP contribution in [-0.4, -0.2) is 17.6 Å². The summed E-state index contributed by atoms with van der Waals surface area (Å²) in [5, 5.41) is 9.40. The number of anilines is 1. The van der Waals surface area contributed by atoms with Gasteiger partial charge in [-0.25, -0.2) is 4.39 Å². The molecule has 1 aliphatic rings. The van der Waals surface area contributed by atoms with Crippen molar-refractivity contribution in [2.75, 3.05) is 11.4 Å². The number of para-hydroxylation sites is 1. The molecule has 1 aliphatic heterocycles. The summed E-state index contributed by atoms with van der Waals surface area (Å²) in [7, 11) is 0. The van der Waals surface area contributed by atoms with Gasteiger partial charge in [-0.15, -0.1) is 0 Å². The Kier molecular flexibility index (Phi) is 3.55. The first kappa shape index (κ1) is 13.9. The van der Waals surface area contributed by atoms with Crippen LogP contribution >= 0.6 is 11.6 Å². The monoisotopic (exact) mass is 305 g/mol. The molecule has 0 saturated heterocycles. The van der Waals surface area contributed by atoms with Crippen molar-refractivity contribution in [3.8, 4) is 0 Å². The highest BCUT2D eigenvalue weighted by atomic mass is 35.5. The summed E-state index contributed by atoms with van der Waals surface area (Å²) in [6, 6.07) is 12.2. The fourth-order valence-electron chi connectivity index (χ4n) is 2.72. The van der Waals surface area contributed by atoms with E-state index in [0.29, 0.717) is 18.7 Å². The summed E-state index contributed by atoms with van der Waals surface area (Å²) in [6.45, 7) is 0.633. The minimum atomic E-state index is -0.864. The Labute approximate surface area is 126 Å². The first-order valence-corrected chi connectivity index (χ1v) is 6.95. The normalized spacial score (nSPS) is 16.9. The second-order valence-electron chi connectivity index (χ2n) is 5.04. The third kappa shape index (κ3) is 2.47. The van der Waals surface area contributed by atoms with E-state index in [9.17, 15) is 14.3 Å². The van der Waals surface area contributed by atoms with Crippen LogP contribution in [0.25, 0.3) is 0 Å². The molecular formula is C16H13ClFNO2. The molecule has 21 heavy (non-hydrogen) atoms. The van der Waals surface area contributed by atoms with Crippen LogP contribution in [0, 0.1) is 5.82 Å². The van der Waals surface area contributed by atoms with Crippen LogP contribution in [0.15, 0.2) is 42.5 Å². The lowest BCUT2D eigenvalue weighted by Crippen LogP contribution is -2.24. The first-order chi connectivity index (χ1) is 10.1. The number of halogens is 2. The Bertz CT molecular complexity index is 704. The number of carboxylic acid groups (broad SMARTS) is 1. The molecule has 1 atom stereocenters. The molecule has 1 N–H and O–H groups in total. The van der Waals surface area contributed by atoms with Crippen molar-refractivity contribution in [3.05, 3.63) is 64.4 Å². The van der Waals surface area contributed by atoms with Crippen LogP contribution < -0.4 is 4.90 Å². The van der Waals surface area contributed by atoms with Gasteiger partial charge in [-0.05, 0) is 17.7 Å². The fourth-order valence-corrected chi connectivity index (χ4v) is 2.92. The molecule has 0 amide bonds. The van der Waals surface area contributed by atoms with Gasteiger partial charge in [0.15, 0.2) is 0 Å². The van der Waals surface area contributed by atoms with E-state index in [1.165, 1.54) is 6.07 Å². The molecule has 5 heteroatoms. The highest BCUT2D eigenvalue weighted by molar-refractivity contribution is 6.30. The average Bonchev–Trinajstić information content (AvgIpc) is 2.83. The second kappa shape index (κ2) is 5.37. The zero-order chi connectivity index (χ0) is 15.0. The predicted octanol–water partition coefficient (Wildman–Crippen LogP) is 3.67. The van der Waals surface area contributed by atoms with Gasteiger partial charge in [-0.2, -0.15) is 0 Å². The summed E-state index contributed by atoms with van der Waals surface area (Å²) in [6.07, 6.45) is 0. The SMILES string of the molecule is O=C(O)C1CN(Cc2cccc(Cl)c2F)c2ccccc21. The van der Waals surface area contributed by atoms with E-state index in [4.69, 9.17) is 11.6 Å². The molecule has 0 aromatic heterocycles. The van der Waals surface area contributed by atoms with Gasteiger partial charge in [0.05, 0.1) is 5.02 Å². The number of carboxylic acids is 1. The Morgan fingerprint density at radius 3 is 2.81 bits per heavy atom. The lowest BCUT2D eigenvalue weighted by molar-refractivity contribution is -0.138. The smallest absolute Gasteiger partial charge is 0.312 e. The van der Waals surface area contributed by atoms with Gasteiger partial charge < -0.3 is 10.0 Å². The molecular weight excluding hydrogens is 293 g/mol. The van der Waals surface area contributed by atoms with Gasteiger partial charge in [0.25, 0.3) is 0 Å². The molecule has 3 rings (SSSR count). The van der Waals surface area contributed by atoms with Gasteiger partial charge in [-0.1, -0.05) is 41.9 Å². The molecule has 0 fully saturated rings. The summed E-state index contributed by atoms with van der Waals surface area (Å²) in [5.41, 5.74) is 2.07. The largest absolute Gasteiger partial charge is 0.481 e. The Hall–Kier alpha value is -2.07. The van der Waals surface area contributed by atoms with Crippen molar-refractivity contribution in [2.45, 2.75) is 12.5 Å². The highest BCUT2D eigenvalue weighted by Gasteiger charge is 2.33. The Morgan fingerprint density at radius 2 is 2.05 bits per heavy atom. The molecule has 3 nitrogen and oxygen atoms in total. The minimum absolute atomic E-state index is 0.0785. The molecule has 1 unspecified atom stereocenters. The topological polar surface area (TPSA) is 40.5 Å². The quantitative estimate of drug-likeness (QED) is 0.940. The van der Waals surface area contributed by atoms with E-state index in [0.717, 1.165) is 11.3 Å².